The molecular formula is C19H20BrNO4. The van der Waals surface area contributed by atoms with Gasteiger partial charge in [0.25, 0.3) is 0 Å². The highest BCUT2D eigenvalue weighted by Gasteiger charge is 2.29. The first-order chi connectivity index (χ1) is 12.0. The van der Waals surface area contributed by atoms with Gasteiger partial charge in [-0.15, -0.1) is 0 Å². The van der Waals surface area contributed by atoms with Gasteiger partial charge in [-0.25, -0.2) is 0 Å². The molecule has 0 fully saturated rings. The number of rotatable bonds is 7. The third-order valence-corrected chi connectivity index (χ3v) is 4.17. The summed E-state index contributed by atoms with van der Waals surface area (Å²) in [6.45, 7) is 1.84. The van der Waals surface area contributed by atoms with Gasteiger partial charge < -0.3 is 9.47 Å². The summed E-state index contributed by atoms with van der Waals surface area (Å²) in [5.41, 5.74) is 7.39. The van der Waals surface area contributed by atoms with Crippen LogP contribution in [0.5, 0.6) is 0 Å². The topological polar surface area (TPSA) is 78.6 Å². The standard InChI is InChI=1S/C19H20BrNO4/c1-2-16(18(22)24-12-13-6-4-3-5-7-13)19(23)25-17(21)14-8-10-15(20)11-9-14/h3-11,16-17H,2,12,21H2,1H3. The number of esters is 2. The Kier molecular flexibility index (Phi) is 7.16. The van der Waals surface area contributed by atoms with Crippen molar-refractivity contribution in [3.05, 3.63) is 70.2 Å². The van der Waals surface area contributed by atoms with Gasteiger partial charge in [0.2, 0.25) is 0 Å². The van der Waals surface area contributed by atoms with Crippen LogP contribution in [0.25, 0.3) is 0 Å². The highest BCUT2D eigenvalue weighted by atomic mass is 79.9. The third kappa shape index (κ3) is 5.69. The maximum Gasteiger partial charge on any atom is 0.322 e. The van der Waals surface area contributed by atoms with Crippen molar-refractivity contribution in [2.24, 2.45) is 11.7 Å². The quantitative estimate of drug-likeness (QED) is 0.431. The van der Waals surface area contributed by atoms with Crippen LogP contribution in [0.2, 0.25) is 0 Å². The van der Waals surface area contributed by atoms with Gasteiger partial charge in [0.05, 0.1) is 0 Å². The van der Waals surface area contributed by atoms with Crippen LogP contribution < -0.4 is 5.73 Å². The number of ether oxygens (including phenoxy) is 2. The van der Waals surface area contributed by atoms with E-state index in [1.165, 1.54) is 0 Å². The van der Waals surface area contributed by atoms with Crippen molar-refractivity contribution in [3.8, 4) is 0 Å². The molecule has 2 atom stereocenters. The summed E-state index contributed by atoms with van der Waals surface area (Å²) in [5.74, 6) is -2.29. The Morgan fingerprint density at radius 2 is 1.68 bits per heavy atom. The Labute approximate surface area is 155 Å². The van der Waals surface area contributed by atoms with E-state index in [1.54, 1.807) is 31.2 Å². The van der Waals surface area contributed by atoms with E-state index in [4.69, 9.17) is 15.2 Å². The molecule has 5 nitrogen and oxygen atoms in total. The van der Waals surface area contributed by atoms with Crippen molar-refractivity contribution >= 4 is 27.9 Å². The molecule has 0 saturated heterocycles. The van der Waals surface area contributed by atoms with Crippen LogP contribution in [0, 0.1) is 5.92 Å². The molecule has 0 bridgehead atoms. The SMILES string of the molecule is CCC(C(=O)OCc1ccccc1)C(=O)OC(N)c1ccc(Br)cc1. The van der Waals surface area contributed by atoms with Crippen LogP contribution in [0.1, 0.15) is 30.7 Å². The molecule has 2 rings (SSSR count). The summed E-state index contributed by atoms with van der Waals surface area (Å²) in [5, 5.41) is 0. The van der Waals surface area contributed by atoms with Crippen LogP contribution in [0.4, 0.5) is 0 Å². The van der Waals surface area contributed by atoms with Gasteiger partial charge in [0, 0.05) is 10.0 Å². The van der Waals surface area contributed by atoms with E-state index in [0.29, 0.717) is 5.56 Å². The van der Waals surface area contributed by atoms with Gasteiger partial charge in [0.15, 0.2) is 12.1 Å². The average molecular weight is 406 g/mol. The van der Waals surface area contributed by atoms with E-state index in [2.05, 4.69) is 15.9 Å². The molecule has 132 valence electrons. The molecule has 0 spiro atoms. The Morgan fingerprint density at radius 3 is 2.28 bits per heavy atom. The first-order valence-electron chi connectivity index (χ1n) is 7.93. The molecule has 25 heavy (non-hydrogen) atoms. The summed E-state index contributed by atoms with van der Waals surface area (Å²) in [4.78, 5) is 24.4. The fraction of sp³-hybridized carbons (Fsp3) is 0.263. The molecule has 0 aliphatic heterocycles. The normalized spacial score (nSPS) is 12.9. The predicted octanol–water partition coefficient (Wildman–Crippen LogP) is 3.72. The fourth-order valence-corrected chi connectivity index (χ4v) is 2.45. The van der Waals surface area contributed by atoms with Crippen molar-refractivity contribution < 1.29 is 19.1 Å². The van der Waals surface area contributed by atoms with E-state index >= 15 is 0 Å². The summed E-state index contributed by atoms with van der Waals surface area (Å²) in [6, 6.07) is 16.4. The molecule has 0 heterocycles. The highest BCUT2D eigenvalue weighted by molar-refractivity contribution is 9.10. The lowest BCUT2D eigenvalue weighted by Gasteiger charge is -2.18. The number of benzene rings is 2. The van der Waals surface area contributed by atoms with E-state index in [-0.39, 0.29) is 13.0 Å². The zero-order valence-electron chi connectivity index (χ0n) is 13.9. The molecule has 2 aromatic rings. The first-order valence-corrected chi connectivity index (χ1v) is 8.72. The second kappa shape index (κ2) is 9.34. The number of nitrogens with two attached hydrogens (primary N) is 1. The summed E-state index contributed by atoms with van der Waals surface area (Å²) in [6.07, 6.45) is -0.656. The molecule has 0 aliphatic carbocycles. The average Bonchev–Trinajstić information content (AvgIpc) is 2.62. The molecule has 2 N–H and O–H groups in total. The maximum atomic E-state index is 12.3. The molecule has 0 aromatic heterocycles. The lowest BCUT2D eigenvalue weighted by molar-refractivity contribution is -0.166. The molecule has 6 heteroatoms. The highest BCUT2D eigenvalue weighted by Crippen LogP contribution is 2.19. The fourth-order valence-electron chi connectivity index (χ4n) is 2.19. The van der Waals surface area contributed by atoms with Crippen molar-refractivity contribution in [3.63, 3.8) is 0 Å². The van der Waals surface area contributed by atoms with Crippen LogP contribution >= 0.6 is 15.9 Å². The Balaban J connectivity index is 1.92. The minimum absolute atomic E-state index is 0.113. The molecule has 2 aromatic carbocycles. The van der Waals surface area contributed by atoms with Crippen LogP contribution in [-0.4, -0.2) is 11.9 Å². The maximum absolute atomic E-state index is 12.3. The molecule has 0 aliphatic rings. The largest absolute Gasteiger partial charge is 0.460 e. The van der Waals surface area contributed by atoms with Crippen LogP contribution in [0.3, 0.4) is 0 Å². The summed E-state index contributed by atoms with van der Waals surface area (Å²) < 4.78 is 11.3. The number of carbonyl (C=O) groups is 2. The second-order valence-electron chi connectivity index (χ2n) is 5.46. The molecular weight excluding hydrogens is 386 g/mol. The van der Waals surface area contributed by atoms with Crippen molar-refractivity contribution in [1.82, 2.24) is 0 Å². The molecule has 2 unspecified atom stereocenters. The molecule has 0 amide bonds. The van der Waals surface area contributed by atoms with Gasteiger partial charge in [-0.3, -0.25) is 15.3 Å². The second-order valence-corrected chi connectivity index (χ2v) is 6.38. The third-order valence-electron chi connectivity index (χ3n) is 3.64. The zero-order chi connectivity index (χ0) is 18.2. The first kappa shape index (κ1) is 19.1. The Morgan fingerprint density at radius 1 is 1.04 bits per heavy atom. The van der Waals surface area contributed by atoms with Gasteiger partial charge >= 0.3 is 11.9 Å². The minimum atomic E-state index is -0.995. The number of hydrogen-bond donors (Lipinski definition) is 1. The monoisotopic (exact) mass is 405 g/mol. The lowest BCUT2D eigenvalue weighted by Crippen LogP contribution is -2.30. The predicted molar refractivity (Wildman–Crippen MR) is 97.2 cm³/mol. The smallest absolute Gasteiger partial charge is 0.322 e. The molecule has 0 saturated carbocycles. The van der Waals surface area contributed by atoms with E-state index in [1.807, 2.05) is 30.3 Å². The molecule has 0 radical (unpaired) electrons. The van der Waals surface area contributed by atoms with Gasteiger partial charge in [-0.05, 0) is 24.1 Å². The summed E-state index contributed by atoms with van der Waals surface area (Å²) in [7, 11) is 0. The van der Waals surface area contributed by atoms with Gasteiger partial charge in [-0.1, -0.05) is 65.3 Å². The van der Waals surface area contributed by atoms with Crippen molar-refractivity contribution in [2.45, 2.75) is 26.2 Å². The minimum Gasteiger partial charge on any atom is -0.460 e. The van der Waals surface area contributed by atoms with Gasteiger partial charge in [0.1, 0.15) is 6.61 Å². The lowest BCUT2D eigenvalue weighted by atomic mass is 10.1. The van der Waals surface area contributed by atoms with E-state index in [9.17, 15) is 9.59 Å². The van der Waals surface area contributed by atoms with E-state index < -0.39 is 24.1 Å². The number of carbonyl (C=O) groups excluding carboxylic acids is 2. The number of halogens is 1. The van der Waals surface area contributed by atoms with Crippen LogP contribution in [0.15, 0.2) is 59.1 Å². The Hall–Kier alpha value is -2.18. The van der Waals surface area contributed by atoms with Crippen LogP contribution in [-0.2, 0) is 25.7 Å². The van der Waals surface area contributed by atoms with Gasteiger partial charge in [-0.2, -0.15) is 0 Å². The summed E-state index contributed by atoms with van der Waals surface area (Å²) >= 11 is 3.33. The zero-order valence-corrected chi connectivity index (χ0v) is 15.4. The van der Waals surface area contributed by atoms with Crippen molar-refractivity contribution in [1.29, 1.82) is 0 Å². The van der Waals surface area contributed by atoms with Crippen molar-refractivity contribution in [2.75, 3.05) is 0 Å². The number of hydrogen-bond acceptors (Lipinski definition) is 5. The Bertz CT molecular complexity index is 703. The van der Waals surface area contributed by atoms with E-state index in [0.717, 1.165) is 10.0 Å².